The third-order valence-electron chi connectivity index (χ3n) is 2.49. The van der Waals surface area contributed by atoms with E-state index in [1.54, 1.807) is 0 Å². The number of hydrogen-bond acceptors (Lipinski definition) is 1. The van der Waals surface area contributed by atoms with Crippen LogP contribution in [0.3, 0.4) is 0 Å². The van der Waals surface area contributed by atoms with Crippen molar-refractivity contribution in [2.75, 3.05) is 0 Å². The third kappa shape index (κ3) is 1.47. The molecule has 1 saturated carbocycles. The molecule has 0 amide bonds. The average Bonchev–Trinajstić information content (AvgIpc) is 1.99. The highest BCUT2D eigenvalue weighted by Crippen LogP contribution is 2.36. The van der Waals surface area contributed by atoms with Crippen LogP contribution in [0.1, 0.15) is 24.3 Å². The molecule has 0 atom stereocenters. The lowest BCUT2D eigenvalue weighted by Gasteiger charge is -2.32. The molecule has 2 rings (SSSR count). The van der Waals surface area contributed by atoms with Crippen LogP contribution in [0.15, 0.2) is 24.3 Å². The minimum atomic E-state index is 0.411. The van der Waals surface area contributed by atoms with E-state index in [0.29, 0.717) is 12.0 Å². The largest absolute Gasteiger partial charge is 0.328 e. The standard InChI is InChI=1S/C10H12ClN/c11-9-3-1-2-7(4-9)8-5-10(12)6-8/h1-4,8,10H,5-6,12H2/t8-,10+. The van der Waals surface area contributed by atoms with Crippen LogP contribution in [0.4, 0.5) is 0 Å². The van der Waals surface area contributed by atoms with E-state index in [0.717, 1.165) is 17.9 Å². The number of rotatable bonds is 1. The van der Waals surface area contributed by atoms with Gasteiger partial charge in [0, 0.05) is 11.1 Å². The van der Waals surface area contributed by atoms with E-state index in [9.17, 15) is 0 Å². The second-order valence-corrected chi connectivity index (χ2v) is 3.92. The van der Waals surface area contributed by atoms with Gasteiger partial charge in [-0.05, 0) is 36.5 Å². The van der Waals surface area contributed by atoms with Gasteiger partial charge in [0.25, 0.3) is 0 Å². The second kappa shape index (κ2) is 3.08. The van der Waals surface area contributed by atoms with Crippen molar-refractivity contribution in [2.24, 2.45) is 5.73 Å². The average molecular weight is 182 g/mol. The van der Waals surface area contributed by atoms with Gasteiger partial charge in [0.2, 0.25) is 0 Å². The van der Waals surface area contributed by atoms with Gasteiger partial charge in [-0.1, -0.05) is 23.7 Å². The SMILES string of the molecule is N[C@H]1C[C@@H](c2cccc(Cl)c2)C1. The van der Waals surface area contributed by atoms with Crippen LogP contribution in [0.5, 0.6) is 0 Å². The van der Waals surface area contributed by atoms with Crippen LogP contribution in [-0.2, 0) is 0 Å². The van der Waals surface area contributed by atoms with Gasteiger partial charge < -0.3 is 5.73 Å². The van der Waals surface area contributed by atoms with E-state index < -0.39 is 0 Å². The molecule has 2 heteroatoms. The summed E-state index contributed by atoms with van der Waals surface area (Å²) in [5, 5.41) is 0.827. The summed E-state index contributed by atoms with van der Waals surface area (Å²) in [5.41, 5.74) is 7.05. The molecule has 1 aromatic rings. The van der Waals surface area contributed by atoms with Crippen LogP contribution in [0.25, 0.3) is 0 Å². The summed E-state index contributed by atoms with van der Waals surface area (Å²) in [6.07, 6.45) is 2.22. The van der Waals surface area contributed by atoms with Crippen molar-refractivity contribution in [3.05, 3.63) is 34.9 Å². The van der Waals surface area contributed by atoms with Gasteiger partial charge in [-0.2, -0.15) is 0 Å². The second-order valence-electron chi connectivity index (χ2n) is 3.48. The highest BCUT2D eigenvalue weighted by Gasteiger charge is 2.26. The van der Waals surface area contributed by atoms with Gasteiger partial charge in [0.15, 0.2) is 0 Å². The first kappa shape index (κ1) is 8.09. The Bertz CT molecular complexity index is 279. The molecule has 0 spiro atoms. The van der Waals surface area contributed by atoms with Gasteiger partial charge >= 0.3 is 0 Å². The van der Waals surface area contributed by atoms with Crippen molar-refractivity contribution in [3.63, 3.8) is 0 Å². The lowest BCUT2D eigenvalue weighted by atomic mass is 9.76. The Morgan fingerprint density at radius 2 is 2.08 bits per heavy atom. The molecule has 0 bridgehead atoms. The molecule has 0 unspecified atom stereocenters. The minimum absolute atomic E-state index is 0.411. The number of benzene rings is 1. The van der Waals surface area contributed by atoms with Crippen LogP contribution in [-0.4, -0.2) is 6.04 Å². The van der Waals surface area contributed by atoms with Gasteiger partial charge in [-0.25, -0.2) is 0 Å². The maximum absolute atomic E-state index is 5.88. The molecule has 64 valence electrons. The van der Waals surface area contributed by atoms with Crippen LogP contribution >= 0.6 is 11.6 Å². The van der Waals surface area contributed by atoms with Crippen molar-refractivity contribution in [1.29, 1.82) is 0 Å². The Kier molecular flexibility index (Phi) is 2.07. The molecule has 0 saturated heterocycles. The first-order valence-electron chi connectivity index (χ1n) is 4.27. The molecule has 1 aliphatic carbocycles. The van der Waals surface area contributed by atoms with Gasteiger partial charge in [0.05, 0.1) is 0 Å². The number of halogens is 1. The van der Waals surface area contributed by atoms with Crippen molar-refractivity contribution < 1.29 is 0 Å². The van der Waals surface area contributed by atoms with E-state index in [4.69, 9.17) is 17.3 Å². The molecule has 2 N–H and O–H groups in total. The summed E-state index contributed by atoms with van der Waals surface area (Å²) >= 11 is 5.88. The number of nitrogens with two attached hydrogens (primary N) is 1. The molecular weight excluding hydrogens is 170 g/mol. The topological polar surface area (TPSA) is 26.0 Å². The highest BCUT2D eigenvalue weighted by atomic mass is 35.5. The first-order chi connectivity index (χ1) is 5.75. The molecule has 0 heterocycles. The maximum atomic E-state index is 5.88. The highest BCUT2D eigenvalue weighted by molar-refractivity contribution is 6.30. The fourth-order valence-corrected chi connectivity index (χ4v) is 1.89. The van der Waals surface area contributed by atoms with Crippen molar-refractivity contribution in [2.45, 2.75) is 24.8 Å². The molecule has 1 aliphatic rings. The maximum Gasteiger partial charge on any atom is 0.0408 e. The van der Waals surface area contributed by atoms with E-state index in [1.165, 1.54) is 5.56 Å². The quantitative estimate of drug-likeness (QED) is 0.708. The Labute approximate surface area is 77.5 Å². The normalized spacial score (nSPS) is 28.2. The molecule has 1 fully saturated rings. The first-order valence-corrected chi connectivity index (χ1v) is 4.64. The Hall–Kier alpha value is -0.530. The Morgan fingerprint density at radius 3 is 2.67 bits per heavy atom. The lowest BCUT2D eigenvalue weighted by molar-refractivity contribution is 0.351. The molecule has 0 aliphatic heterocycles. The van der Waals surface area contributed by atoms with E-state index >= 15 is 0 Å². The van der Waals surface area contributed by atoms with Crippen LogP contribution in [0, 0.1) is 0 Å². The third-order valence-corrected chi connectivity index (χ3v) is 2.73. The van der Waals surface area contributed by atoms with Gasteiger partial charge in [-0.15, -0.1) is 0 Å². The van der Waals surface area contributed by atoms with E-state index in [2.05, 4.69) is 6.07 Å². The van der Waals surface area contributed by atoms with Crippen LogP contribution in [0.2, 0.25) is 5.02 Å². The number of hydrogen-bond donors (Lipinski definition) is 1. The zero-order valence-corrected chi connectivity index (χ0v) is 7.59. The summed E-state index contributed by atoms with van der Waals surface area (Å²) in [4.78, 5) is 0. The van der Waals surface area contributed by atoms with E-state index in [-0.39, 0.29) is 0 Å². The zero-order valence-electron chi connectivity index (χ0n) is 6.83. The predicted molar refractivity (Wildman–Crippen MR) is 51.4 cm³/mol. The summed E-state index contributed by atoms with van der Waals surface area (Å²) < 4.78 is 0. The molecular formula is C10H12ClN. The summed E-state index contributed by atoms with van der Waals surface area (Å²) in [7, 11) is 0. The van der Waals surface area contributed by atoms with Crippen LogP contribution < -0.4 is 5.73 Å². The smallest absolute Gasteiger partial charge is 0.0408 e. The molecule has 1 nitrogen and oxygen atoms in total. The minimum Gasteiger partial charge on any atom is -0.328 e. The Balaban J connectivity index is 2.13. The zero-order chi connectivity index (χ0) is 8.55. The van der Waals surface area contributed by atoms with Crippen molar-refractivity contribution in [1.82, 2.24) is 0 Å². The fourth-order valence-electron chi connectivity index (χ4n) is 1.69. The predicted octanol–water partition coefficient (Wildman–Crippen LogP) is 2.54. The lowest BCUT2D eigenvalue weighted by Crippen LogP contribution is -2.34. The summed E-state index contributed by atoms with van der Waals surface area (Å²) in [5.74, 6) is 0.652. The molecule has 1 aromatic carbocycles. The van der Waals surface area contributed by atoms with Gasteiger partial charge in [0.1, 0.15) is 0 Å². The monoisotopic (exact) mass is 181 g/mol. The molecule has 0 aromatic heterocycles. The van der Waals surface area contributed by atoms with Gasteiger partial charge in [-0.3, -0.25) is 0 Å². The fraction of sp³-hybridized carbons (Fsp3) is 0.400. The summed E-state index contributed by atoms with van der Waals surface area (Å²) in [6.45, 7) is 0. The molecule has 12 heavy (non-hydrogen) atoms. The Morgan fingerprint density at radius 1 is 1.33 bits per heavy atom. The molecule has 0 radical (unpaired) electrons. The van der Waals surface area contributed by atoms with Crippen molar-refractivity contribution in [3.8, 4) is 0 Å². The van der Waals surface area contributed by atoms with E-state index in [1.807, 2.05) is 18.2 Å². The van der Waals surface area contributed by atoms with Crippen molar-refractivity contribution >= 4 is 11.6 Å². The summed E-state index contributed by atoms with van der Waals surface area (Å²) in [6, 6.07) is 8.49.